The molecule has 0 bridgehead atoms. The molecule has 0 N–H and O–H groups in total. The molecule has 0 aliphatic carbocycles. The molecule has 2 amide bonds. The molecule has 2 aromatic carbocycles. The lowest BCUT2D eigenvalue weighted by molar-refractivity contribution is -0.384. The molecular formula is C34H45N3O7SSi. The van der Waals surface area contributed by atoms with Crippen molar-refractivity contribution in [3.63, 3.8) is 0 Å². The van der Waals surface area contributed by atoms with Gasteiger partial charge in [0.1, 0.15) is 12.3 Å². The van der Waals surface area contributed by atoms with Crippen molar-refractivity contribution in [2.45, 2.75) is 90.2 Å². The Morgan fingerprint density at radius 1 is 1.09 bits per heavy atom. The Hall–Kier alpha value is -3.48. The van der Waals surface area contributed by atoms with Crippen molar-refractivity contribution in [2.24, 2.45) is 11.8 Å². The maximum atomic E-state index is 13.9. The van der Waals surface area contributed by atoms with Crippen LogP contribution < -0.4 is 0 Å². The molecule has 0 spiro atoms. The number of thioether (sulfide) groups is 1. The lowest BCUT2D eigenvalue weighted by atomic mass is 9.79. The Kier molecular flexibility index (Phi) is 10.5. The molecule has 4 rings (SSSR count). The van der Waals surface area contributed by atoms with Crippen molar-refractivity contribution < 1.29 is 28.5 Å². The van der Waals surface area contributed by atoms with Gasteiger partial charge in [0, 0.05) is 40.9 Å². The SMILES string of the molecule is CCN(CC)C(=O)c1ccccc1SC1=C(C(=O)OCc2ccc([N+](=O)[O-])cc2)N2C(=O)[C@H](C(C)O[Si](C)(C)C(C)(C)C)[C@H]2[C@H]1C. The number of hydrogen-bond acceptors (Lipinski definition) is 8. The summed E-state index contributed by atoms with van der Waals surface area (Å²) in [6.45, 7) is 19.6. The quantitative estimate of drug-likeness (QED) is 0.0780. The number of non-ortho nitro benzene ring substituents is 1. The second-order valence-electron chi connectivity index (χ2n) is 13.4. The van der Waals surface area contributed by atoms with Crippen LogP contribution in [0.25, 0.3) is 0 Å². The van der Waals surface area contributed by atoms with Crippen LogP contribution in [0.5, 0.6) is 0 Å². The van der Waals surface area contributed by atoms with E-state index in [-0.39, 0.29) is 52.9 Å². The van der Waals surface area contributed by atoms with Gasteiger partial charge in [-0.3, -0.25) is 19.7 Å². The largest absolute Gasteiger partial charge is 0.456 e. The van der Waals surface area contributed by atoms with Crippen molar-refractivity contribution in [3.05, 3.63) is 80.4 Å². The average Bonchev–Trinajstić information content (AvgIpc) is 3.23. The zero-order valence-corrected chi connectivity index (χ0v) is 30.0. The van der Waals surface area contributed by atoms with Crippen LogP contribution in [0.4, 0.5) is 5.69 Å². The summed E-state index contributed by atoms with van der Waals surface area (Å²) in [5.74, 6) is -1.61. The fourth-order valence-electron chi connectivity index (χ4n) is 5.81. The number of amides is 2. The van der Waals surface area contributed by atoms with Gasteiger partial charge in [-0.2, -0.15) is 0 Å². The number of carbonyl (C=O) groups excluding carboxylic acids is 3. The Labute approximate surface area is 276 Å². The first kappa shape index (κ1) is 35.4. The van der Waals surface area contributed by atoms with Crippen LogP contribution >= 0.6 is 11.8 Å². The third kappa shape index (κ3) is 6.79. The van der Waals surface area contributed by atoms with E-state index in [1.807, 2.05) is 45.9 Å². The highest BCUT2D eigenvalue weighted by atomic mass is 32.2. The van der Waals surface area contributed by atoms with Gasteiger partial charge in [0.05, 0.1) is 28.6 Å². The summed E-state index contributed by atoms with van der Waals surface area (Å²) in [5, 5.41) is 11.0. The van der Waals surface area contributed by atoms with Gasteiger partial charge in [0.15, 0.2) is 8.32 Å². The molecule has 2 heterocycles. The highest BCUT2D eigenvalue weighted by molar-refractivity contribution is 8.03. The minimum absolute atomic E-state index is 0.0394. The summed E-state index contributed by atoms with van der Waals surface area (Å²) in [6.07, 6.45) is -0.352. The predicted octanol–water partition coefficient (Wildman–Crippen LogP) is 7.01. The van der Waals surface area contributed by atoms with Crippen molar-refractivity contribution in [1.29, 1.82) is 0 Å². The number of esters is 1. The van der Waals surface area contributed by atoms with Gasteiger partial charge in [0.2, 0.25) is 5.91 Å². The number of rotatable bonds is 12. The minimum atomic E-state index is -2.19. The molecule has 0 aromatic heterocycles. The standard InChI is InChI=1S/C34H45N3O7SSi/c1-10-35(11-2)31(38)25-14-12-13-15-26(25)45-30-21(3)28-27(22(4)44-46(8,9)34(5,6)7)32(39)36(28)29(30)33(40)43-20-23-16-18-24(19-17-23)37(41)42/h12-19,21-22,27-28H,10-11,20H2,1-9H3/t21-,22?,27-,28-/m1/s1. The molecular weight excluding hydrogens is 623 g/mol. The van der Waals surface area contributed by atoms with E-state index in [2.05, 4.69) is 33.9 Å². The van der Waals surface area contributed by atoms with Gasteiger partial charge in [-0.05, 0) is 68.7 Å². The summed E-state index contributed by atoms with van der Waals surface area (Å²) >= 11 is 1.33. The normalized spacial score (nSPS) is 20.2. The number of carbonyl (C=O) groups is 3. The molecule has 248 valence electrons. The maximum absolute atomic E-state index is 13.9. The molecule has 10 nitrogen and oxygen atoms in total. The molecule has 1 unspecified atom stereocenters. The van der Waals surface area contributed by atoms with Crippen LogP contribution in [0.15, 0.2) is 64.0 Å². The van der Waals surface area contributed by atoms with E-state index >= 15 is 0 Å². The summed E-state index contributed by atoms with van der Waals surface area (Å²) in [4.78, 5) is 56.4. The van der Waals surface area contributed by atoms with E-state index in [9.17, 15) is 24.5 Å². The highest BCUT2D eigenvalue weighted by Crippen LogP contribution is 2.53. The van der Waals surface area contributed by atoms with Crippen LogP contribution in [-0.2, 0) is 25.4 Å². The first-order chi connectivity index (χ1) is 21.5. The van der Waals surface area contributed by atoms with Crippen LogP contribution in [-0.4, -0.2) is 66.1 Å². The monoisotopic (exact) mass is 667 g/mol. The number of benzene rings is 2. The van der Waals surface area contributed by atoms with Gasteiger partial charge in [0.25, 0.3) is 11.6 Å². The van der Waals surface area contributed by atoms with Gasteiger partial charge in [-0.25, -0.2) is 4.79 Å². The van der Waals surface area contributed by atoms with E-state index in [4.69, 9.17) is 9.16 Å². The Morgan fingerprint density at radius 3 is 2.26 bits per heavy atom. The molecule has 0 radical (unpaired) electrons. The van der Waals surface area contributed by atoms with E-state index in [0.717, 1.165) is 0 Å². The Morgan fingerprint density at radius 2 is 1.70 bits per heavy atom. The van der Waals surface area contributed by atoms with Crippen molar-refractivity contribution >= 4 is 43.6 Å². The first-order valence-electron chi connectivity index (χ1n) is 15.8. The van der Waals surface area contributed by atoms with Crippen molar-refractivity contribution in [1.82, 2.24) is 9.80 Å². The molecule has 46 heavy (non-hydrogen) atoms. The van der Waals surface area contributed by atoms with Crippen LogP contribution in [0, 0.1) is 22.0 Å². The van der Waals surface area contributed by atoms with Crippen molar-refractivity contribution in [2.75, 3.05) is 13.1 Å². The molecule has 2 aromatic rings. The minimum Gasteiger partial charge on any atom is -0.456 e. The molecule has 0 saturated carbocycles. The fourth-order valence-corrected chi connectivity index (χ4v) is 8.49. The number of hydrogen-bond donors (Lipinski definition) is 0. The number of nitrogens with zero attached hydrogens (tertiary/aromatic N) is 3. The van der Waals surface area contributed by atoms with E-state index < -0.39 is 25.1 Å². The molecule has 1 saturated heterocycles. The smallest absolute Gasteiger partial charge is 0.356 e. The summed E-state index contributed by atoms with van der Waals surface area (Å²) in [7, 11) is -2.19. The lowest BCUT2D eigenvalue weighted by Crippen LogP contribution is -2.65. The molecule has 2 aliphatic rings. The second kappa shape index (κ2) is 13.7. The van der Waals surface area contributed by atoms with E-state index in [1.165, 1.54) is 36.0 Å². The summed E-state index contributed by atoms with van der Waals surface area (Å²) < 4.78 is 12.4. The number of β-lactam (4-membered cyclic amide) rings is 1. The van der Waals surface area contributed by atoms with Gasteiger partial charge in [-0.1, -0.05) is 51.6 Å². The second-order valence-corrected chi connectivity index (χ2v) is 19.2. The summed E-state index contributed by atoms with van der Waals surface area (Å²) in [6, 6.07) is 12.8. The maximum Gasteiger partial charge on any atom is 0.356 e. The third-order valence-electron chi connectivity index (χ3n) is 9.48. The van der Waals surface area contributed by atoms with Gasteiger partial charge in [-0.15, -0.1) is 0 Å². The molecule has 12 heteroatoms. The van der Waals surface area contributed by atoms with Crippen LogP contribution in [0.2, 0.25) is 18.1 Å². The Balaban J connectivity index is 1.68. The number of fused-ring (bicyclic) bond motifs is 1. The lowest BCUT2D eigenvalue weighted by Gasteiger charge is -2.50. The zero-order valence-electron chi connectivity index (χ0n) is 28.2. The first-order valence-corrected chi connectivity index (χ1v) is 19.5. The number of nitro benzene ring substituents is 1. The van der Waals surface area contributed by atoms with Gasteiger partial charge < -0.3 is 19.0 Å². The molecule has 2 aliphatic heterocycles. The van der Waals surface area contributed by atoms with E-state index in [0.29, 0.717) is 34.0 Å². The topological polar surface area (TPSA) is 119 Å². The van der Waals surface area contributed by atoms with Gasteiger partial charge >= 0.3 is 5.97 Å². The fraction of sp³-hybridized carbons (Fsp3) is 0.500. The average molecular weight is 668 g/mol. The van der Waals surface area contributed by atoms with Crippen molar-refractivity contribution in [3.8, 4) is 0 Å². The Bertz CT molecular complexity index is 1530. The van der Waals surface area contributed by atoms with E-state index in [1.54, 1.807) is 15.9 Å². The third-order valence-corrected chi connectivity index (χ3v) is 15.4. The molecule has 4 atom stereocenters. The zero-order chi connectivity index (χ0) is 34.1. The predicted molar refractivity (Wildman–Crippen MR) is 181 cm³/mol. The number of ether oxygens (including phenoxy) is 1. The highest BCUT2D eigenvalue weighted by Gasteiger charge is 2.61. The number of nitro groups is 1. The molecule has 1 fully saturated rings. The summed E-state index contributed by atoms with van der Waals surface area (Å²) in [5.41, 5.74) is 1.22. The van der Waals surface area contributed by atoms with Crippen LogP contribution in [0.1, 0.15) is 64.4 Å². The van der Waals surface area contributed by atoms with Crippen LogP contribution in [0.3, 0.4) is 0 Å².